The number of amides is 2. The first kappa shape index (κ1) is 32.9. The zero-order chi connectivity index (χ0) is 33.8. The fourth-order valence-corrected chi connectivity index (χ4v) is 7.10. The van der Waals surface area contributed by atoms with Crippen molar-refractivity contribution in [2.45, 2.75) is 38.0 Å². The molecule has 0 saturated heterocycles. The molecular formula is C35H33FN6O4S2. The van der Waals surface area contributed by atoms with E-state index in [-0.39, 0.29) is 23.8 Å². The van der Waals surface area contributed by atoms with E-state index in [1.54, 1.807) is 31.6 Å². The minimum atomic E-state index is -0.499. The van der Waals surface area contributed by atoms with Gasteiger partial charge in [0.15, 0.2) is 22.5 Å². The summed E-state index contributed by atoms with van der Waals surface area (Å²) < 4.78 is 26.9. The standard InChI is InChI=1S/C35H33FN6O4S2/c1-21-9-5-13-27(22(21)2)41-31(19-37-34(44)23-10-6-11-24(36)17-23)38-39-35(41)48-20-32(43)42-28(18-26(40-42)30-15-8-16-47-30)25-12-7-14-29(45-3)33(25)46-4/h5-17,28H,18-20H2,1-4H3,(H,37,44). The highest BCUT2D eigenvalue weighted by Crippen LogP contribution is 2.42. The van der Waals surface area contributed by atoms with Crippen LogP contribution in [0.2, 0.25) is 0 Å². The molecule has 5 aromatic rings. The molecule has 0 aliphatic carbocycles. The summed E-state index contributed by atoms with van der Waals surface area (Å²) in [6.07, 6.45) is 0.508. The van der Waals surface area contributed by atoms with Crippen molar-refractivity contribution in [2.75, 3.05) is 20.0 Å². The summed E-state index contributed by atoms with van der Waals surface area (Å²) in [5, 5.41) is 20.4. The summed E-state index contributed by atoms with van der Waals surface area (Å²) in [6, 6.07) is 20.5. The maximum atomic E-state index is 14.0. The second-order valence-electron chi connectivity index (χ2n) is 11.0. The molecule has 3 aromatic carbocycles. The number of hydrazone groups is 1. The first-order chi connectivity index (χ1) is 23.3. The summed E-state index contributed by atoms with van der Waals surface area (Å²) in [6.45, 7) is 4.04. The Kier molecular flexibility index (Phi) is 9.88. The fourth-order valence-electron chi connectivity index (χ4n) is 5.56. The molecule has 48 heavy (non-hydrogen) atoms. The van der Waals surface area contributed by atoms with Gasteiger partial charge >= 0.3 is 0 Å². The number of para-hydroxylation sites is 1. The molecule has 1 N–H and O–H groups in total. The predicted molar refractivity (Wildman–Crippen MR) is 184 cm³/mol. The SMILES string of the molecule is COc1cccc(C2CC(c3cccs3)=NN2C(=O)CSc2nnc(CNC(=O)c3cccc(F)c3)n2-c2cccc(C)c2C)c1OC. The van der Waals surface area contributed by atoms with Crippen LogP contribution in [-0.2, 0) is 11.3 Å². The number of nitrogens with zero attached hydrogens (tertiary/aromatic N) is 5. The number of carbonyl (C=O) groups is 2. The molecule has 0 radical (unpaired) electrons. The molecule has 6 rings (SSSR count). The van der Waals surface area contributed by atoms with Crippen molar-refractivity contribution >= 4 is 40.6 Å². The van der Waals surface area contributed by atoms with E-state index >= 15 is 0 Å². The Morgan fingerprint density at radius 2 is 1.83 bits per heavy atom. The highest BCUT2D eigenvalue weighted by Gasteiger charge is 2.36. The lowest BCUT2D eigenvalue weighted by Crippen LogP contribution is -2.29. The minimum absolute atomic E-state index is 0.0165. The number of rotatable bonds is 11. The Labute approximate surface area is 285 Å². The van der Waals surface area contributed by atoms with Crippen molar-refractivity contribution in [1.82, 2.24) is 25.1 Å². The lowest BCUT2D eigenvalue weighted by atomic mass is 9.99. The molecule has 13 heteroatoms. The van der Waals surface area contributed by atoms with Gasteiger partial charge in [0.05, 0.1) is 48.8 Å². The van der Waals surface area contributed by atoms with Crippen molar-refractivity contribution in [1.29, 1.82) is 0 Å². The smallest absolute Gasteiger partial charge is 0.253 e. The van der Waals surface area contributed by atoms with Gasteiger partial charge in [-0.1, -0.05) is 48.2 Å². The average Bonchev–Trinajstić information content (AvgIpc) is 3.87. The number of thioether (sulfide) groups is 1. The third-order valence-corrected chi connectivity index (χ3v) is 9.93. The summed E-state index contributed by atoms with van der Waals surface area (Å²) >= 11 is 2.80. The highest BCUT2D eigenvalue weighted by molar-refractivity contribution is 7.99. The molecule has 1 atom stereocenters. The predicted octanol–water partition coefficient (Wildman–Crippen LogP) is 6.50. The molecule has 2 aromatic heterocycles. The number of thiophene rings is 1. The number of aromatic nitrogens is 3. The number of hydrogen-bond donors (Lipinski definition) is 1. The monoisotopic (exact) mass is 684 g/mol. The van der Waals surface area contributed by atoms with Crippen LogP contribution in [0.25, 0.3) is 5.69 Å². The van der Waals surface area contributed by atoms with Crippen molar-refractivity contribution in [3.8, 4) is 17.2 Å². The molecule has 0 fully saturated rings. The van der Waals surface area contributed by atoms with Gasteiger partial charge in [-0.2, -0.15) is 5.10 Å². The topological polar surface area (TPSA) is 111 Å². The number of halogens is 1. The second kappa shape index (κ2) is 14.4. The van der Waals surface area contributed by atoms with Gasteiger partial charge in [-0.05, 0) is 66.8 Å². The van der Waals surface area contributed by atoms with E-state index in [2.05, 4.69) is 15.5 Å². The first-order valence-corrected chi connectivity index (χ1v) is 17.0. The van der Waals surface area contributed by atoms with Gasteiger partial charge in [0.25, 0.3) is 11.8 Å². The van der Waals surface area contributed by atoms with Gasteiger partial charge in [-0.25, -0.2) is 9.40 Å². The van der Waals surface area contributed by atoms with E-state index in [0.29, 0.717) is 28.9 Å². The van der Waals surface area contributed by atoms with Crippen LogP contribution in [0.15, 0.2) is 88.4 Å². The number of methoxy groups -OCH3 is 2. The van der Waals surface area contributed by atoms with Crippen molar-refractivity contribution in [3.63, 3.8) is 0 Å². The summed E-state index contributed by atoms with van der Waals surface area (Å²) in [5.74, 6) is 0.434. The molecule has 10 nitrogen and oxygen atoms in total. The minimum Gasteiger partial charge on any atom is -0.493 e. The van der Waals surface area contributed by atoms with Crippen LogP contribution in [0.3, 0.4) is 0 Å². The molecule has 1 aliphatic heterocycles. The Hall–Kier alpha value is -5.01. The fraction of sp³-hybridized carbons (Fsp3) is 0.229. The van der Waals surface area contributed by atoms with Crippen LogP contribution >= 0.6 is 23.1 Å². The lowest BCUT2D eigenvalue weighted by Gasteiger charge is -2.24. The van der Waals surface area contributed by atoms with Gasteiger partial charge in [0.2, 0.25) is 0 Å². The molecule has 0 bridgehead atoms. The molecule has 246 valence electrons. The van der Waals surface area contributed by atoms with Crippen molar-refractivity contribution in [3.05, 3.63) is 117 Å². The number of hydrogen-bond acceptors (Lipinski definition) is 9. The summed E-state index contributed by atoms with van der Waals surface area (Å²) in [5.41, 5.74) is 4.68. The first-order valence-electron chi connectivity index (χ1n) is 15.1. The zero-order valence-corrected chi connectivity index (χ0v) is 28.4. The third-order valence-electron chi connectivity index (χ3n) is 8.10. The number of aryl methyl sites for hydroxylation is 1. The maximum absolute atomic E-state index is 14.0. The van der Waals surface area contributed by atoms with Gasteiger partial charge in [0.1, 0.15) is 5.82 Å². The van der Waals surface area contributed by atoms with Crippen LogP contribution in [0.1, 0.15) is 50.2 Å². The van der Waals surface area contributed by atoms with Crippen LogP contribution < -0.4 is 14.8 Å². The molecule has 3 heterocycles. The van der Waals surface area contributed by atoms with E-state index in [0.717, 1.165) is 33.0 Å². The van der Waals surface area contributed by atoms with E-state index in [1.165, 1.54) is 35.0 Å². The largest absolute Gasteiger partial charge is 0.493 e. The molecule has 2 amide bonds. The van der Waals surface area contributed by atoms with Gasteiger partial charge in [0, 0.05) is 17.5 Å². The van der Waals surface area contributed by atoms with E-state index in [1.807, 2.05) is 72.3 Å². The summed E-state index contributed by atoms with van der Waals surface area (Å²) in [7, 11) is 3.16. The van der Waals surface area contributed by atoms with E-state index < -0.39 is 17.8 Å². The number of nitrogens with one attached hydrogen (secondary N) is 1. The van der Waals surface area contributed by atoms with E-state index in [4.69, 9.17) is 14.6 Å². The number of benzene rings is 3. The van der Waals surface area contributed by atoms with E-state index in [9.17, 15) is 14.0 Å². The molecule has 0 spiro atoms. The Morgan fingerprint density at radius 3 is 2.58 bits per heavy atom. The van der Waals surface area contributed by atoms with Crippen LogP contribution in [0, 0.1) is 19.7 Å². The second-order valence-corrected chi connectivity index (χ2v) is 12.9. The summed E-state index contributed by atoms with van der Waals surface area (Å²) in [4.78, 5) is 27.9. The van der Waals surface area contributed by atoms with Gasteiger partial charge in [-0.15, -0.1) is 21.5 Å². The Balaban J connectivity index is 1.29. The molecule has 0 saturated carbocycles. The molecule has 1 aliphatic rings. The normalized spacial score (nSPS) is 14.1. The highest BCUT2D eigenvalue weighted by atomic mass is 32.2. The van der Waals surface area contributed by atoms with Crippen LogP contribution in [0.5, 0.6) is 11.5 Å². The molecular weight excluding hydrogens is 652 g/mol. The Bertz CT molecular complexity index is 1990. The average molecular weight is 685 g/mol. The van der Waals surface area contributed by atoms with Crippen LogP contribution in [-0.4, -0.2) is 57.3 Å². The lowest BCUT2D eigenvalue weighted by molar-refractivity contribution is -0.130. The quantitative estimate of drug-likeness (QED) is 0.158. The Morgan fingerprint density at radius 1 is 1.02 bits per heavy atom. The maximum Gasteiger partial charge on any atom is 0.253 e. The van der Waals surface area contributed by atoms with Gasteiger partial charge in [-0.3, -0.25) is 14.2 Å². The van der Waals surface area contributed by atoms with Gasteiger partial charge < -0.3 is 14.8 Å². The zero-order valence-electron chi connectivity index (χ0n) is 26.8. The number of carbonyl (C=O) groups excluding carboxylic acids is 2. The molecule has 1 unspecified atom stereocenters. The van der Waals surface area contributed by atoms with Crippen molar-refractivity contribution in [2.24, 2.45) is 5.10 Å². The third kappa shape index (κ3) is 6.69. The number of ether oxygens (including phenoxy) is 2. The van der Waals surface area contributed by atoms with Crippen LogP contribution in [0.4, 0.5) is 4.39 Å². The van der Waals surface area contributed by atoms with Crippen molar-refractivity contribution < 1.29 is 23.5 Å².